The molecule has 1 heterocycles. The molecule has 0 atom stereocenters. The Balaban J connectivity index is 2.07. The topological polar surface area (TPSA) is 91.4 Å². The third-order valence-electron chi connectivity index (χ3n) is 3.64. The Kier molecular flexibility index (Phi) is 4.95. The van der Waals surface area contributed by atoms with Crippen LogP contribution in [-0.2, 0) is 0 Å². The largest absolute Gasteiger partial charge is 0.490 e. The number of para-hydroxylation sites is 1. The van der Waals surface area contributed by atoms with E-state index in [2.05, 4.69) is 16.3 Å². The van der Waals surface area contributed by atoms with Gasteiger partial charge in [-0.3, -0.25) is 15.0 Å². The number of nitrogens with zero attached hydrogens (tertiary/aromatic N) is 3. The van der Waals surface area contributed by atoms with Gasteiger partial charge in [-0.05, 0) is 25.0 Å². The predicted octanol–water partition coefficient (Wildman–Crippen LogP) is 2.00. The van der Waals surface area contributed by atoms with Crippen LogP contribution in [0.4, 0.5) is 11.4 Å². The summed E-state index contributed by atoms with van der Waals surface area (Å²) in [7, 11) is 1.42. The fraction of sp³-hybridized carbons (Fsp3) is 0.500. The Hall–Kier alpha value is -2.33. The zero-order valence-electron chi connectivity index (χ0n) is 11.9. The number of nitrogens with one attached hydrogen (secondary N) is 1. The van der Waals surface area contributed by atoms with Gasteiger partial charge < -0.3 is 10.1 Å². The highest BCUT2D eigenvalue weighted by Gasteiger charge is 2.24. The molecule has 1 saturated heterocycles. The number of ether oxygens (including phenoxy) is 1. The number of piperidine rings is 1. The van der Waals surface area contributed by atoms with Crippen LogP contribution < -0.4 is 10.1 Å². The Morgan fingerprint density at radius 3 is 2.81 bits per heavy atom. The molecule has 0 amide bonds. The van der Waals surface area contributed by atoms with Crippen LogP contribution in [0.2, 0.25) is 0 Å². The SMILES string of the molecule is COc1cccc(NC2CCN(CC#N)CC2)c1[N+](=O)[O-]. The molecule has 1 aliphatic rings. The van der Waals surface area contributed by atoms with Crippen LogP contribution in [0.1, 0.15) is 12.8 Å². The van der Waals surface area contributed by atoms with Crippen molar-refractivity contribution in [2.45, 2.75) is 18.9 Å². The molecule has 1 fully saturated rings. The number of nitro benzene ring substituents is 1. The second-order valence-electron chi connectivity index (χ2n) is 4.97. The number of nitro groups is 1. The Labute approximate surface area is 123 Å². The number of methoxy groups -OCH3 is 1. The average Bonchev–Trinajstić information content (AvgIpc) is 2.49. The normalized spacial score (nSPS) is 16.2. The Morgan fingerprint density at radius 2 is 2.24 bits per heavy atom. The van der Waals surface area contributed by atoms with Crippen molar-refractivity contribution in [3.05, 3.63) is 28.3 Å². The van der Waals surface area contributed by atoms with Gasteiger partial charge in [0, 0.05) is 19.1 Å². The van der Waals surface area contributed by atoms with E-state index in [0.717, 1.165) is 25.9 Å². The molecule has 7 nitrogen and oxygen atoms in total. The molecule has 7 heteroatoms. The molecule has 0 saturated carbocycles. The van der Waals surface area contributed by atoms with Crippen molar-refractivity contribution in [1.29, 1.82) is 5.26 Å². The van der Waals surface area contributed by atoms with Gasteiger partial charge in [-0.1, -0.05) is 6.07 Å². The summed E-state index contributed by atoms with van der Waals surface area (Å²) in [5, 5.41) is 23.1. The number of anilines is 1. The minimum atomic E-state index is -0.425. The van der Waals surface area contributed by atoms with E-state index in [4.69, 9.17) is 10.00 Å². The summed E-state index contributed by atoms with van der Waals surface area (Å²) in [5.74, 6) is 0.256. The van der Waals surface area contributed by atoms with Gasteiger partial charge in [0.2, 0.25) is 0 Å². The molecule has 1 N–H and O–H groups in total. The van der Waals surface area contributed by atoms with Crippen LogP contribution >= 0.6 is 0 Å². The van der Waals surface area contributed by atoms with E-state index in [1.165, 1.54) is 7.11 Å². The van der Waals surface area contributed by atoms with E-state index < -0.39 is 4.92 Å². The van der Waals surface area contributed by atoms with Gasteiger partial charge in [0.1, 0.15) is 5.69 Å². The summed E-state index contributed by atoms with van der Waals surface area (Å²) in [6, 6.07) is 7.33. The van der Waals surface area contributed by atoms with Crippen molar-refractivity contribution in [3.8, 4) is 11.8 Å². The van der Waals surface area contributed by atoms with Gasteiger partial charge in [0.15, 0.2) is 5.75 Å². The van der Waals surface area contributed by atoms with E-state index in [-0.39, 0.29) is 17.5 Å². The summed E-state index contributed by atoms with van der Waals surface area (Å²) in [4.78, 5) is 12.9. The van der Waals surface area contributed by atoms with Gasteiger partial charge in [0.05, 0.1) is 24.6 Å². The second kappa shape index (κ2) is 6.90. The first-order chi connectivity index (χ1) is 10.2. The molecule has 0 aliphatic carbocycles. The molecule has 2 rings (SSSR count). The fourth-order valence-electron chi connectivity index (χ4n) is 2.55. The molecule has 0 bridgehead atoms. The van der Waals surface area contributed by atoms with Crippen molar-refractivity contribution < 1.29 is 9.66 Å². The van der Waals surface area contributed by atoms with Crippen LogP contribution in [0.25, 0.3) is 0 Å². The zero-order chi connectivity index (χ0) is 15.2. The average molecular weight is 290 g/mol. The highest BCUT2D eigenvalue weighted by atomic mass is 16.6. The summed E-state index contributed by atoms with van der Waals surface area (Å²) in [6.07, 6.45) is 1.71. The van der Waals surface area contributed by atoms with E-state index >= 15 is 0 Å². The van der Waals surface area contributed by atoms with Gasteiger partial charge >= 0.3 is 5.69 Å². The van der Waals surface area contributed by atoms with Crippen molar-refractivity contribution >= 4 is 11.4 Å². The molecule has 0 radical (unpaired) electrons. The maximum Gasteiger partial charge on any atom is 0.333 e. The van der Waals surface area contributed by atoms with E-state index in [9.17, 15) is 10.1 Å². The minimum Gasteiger partial charge on any atom is -0.490 e. The quantitative estimate of drug-likeness (QED) is 0.506. The maximum absolute atomic E-state index is 11.2. The number of hydrogen-bond donors (Lipinski definition) is 1. The zero-order valence-corrected chi connectivity index (χ0v) is 11.9. The lowest BCUT2D eigenvalue weighted by Gasteiger charge is -2.31. The standard InChI is InChI=1S/C14H18N4O3/c1-21-13-4-2-3-12(14(13)18(19)20)16-11-5-8-17(9-6-11)10-7-15/h2-4,11,16H,5-6,8-10H2,1H3. The first kappa shape index (κ1) is 15.1. The number of hydrogen-bond acceptors (Lipinski definition) is 6. The third-order valence-corrected chi connectivity index (χ3v) is 3.64. The molecular weight excluding hydrogens is 272 g/mol. The predicted molar refractivity (Wildman–Crippen MR) is 78.3 cm³/mol. The summed E-state index contributed by atoms with van der Waals surface area (Å²) >= 11 is 0. The van der Waals surface area contributed by atoms with Crippen molar-refractivity contribution in [3.63, 3.8) is 0 Å². The summed E-state index contributed by atoms with van der Waals surface area (Å²) in [6.45, 7) is 2.08. The number of benzene rings is 1. The monoisotopic (exact) mass is 290 g/mol. The summed E-state index contributed by atoms with van der Waals surface area (Å²) in [5.41, 5.74) is 0.456. The lowest BCUT2D eigenvalue weighted by molar-refractivity contribution is -0.384. The van der Waals surface area contributed by atoms with E-state index in [1.54, 1.807) is 18.2 Å². The van der Waals surface area contributed by atoms with Crippen LogP contribution in [0.5, 0.6) is 5.75 Å². The number of nitriles is 1. The Bertz CT molecular complexity index is 548. The molecule has 0 unspecified atom stereocenters. The second-order valence-corrected chi connectivity index (χ2v) is 4.97. The number of likely N-dealkylation sites (tertiary alicyclic amines) is 1. The number of rotatable bonds is 5. The van der Waals surface area contributed by atoms with Crippen LogP contribution in [0, 0.1) is 21.4 Å². The fourth-order valence-corrected chi connectivity index (χ4v) is 2.55. The molecule has 0 spiro atoms. The molecule has 112 valence electrons. The highest BCUT2D eigenvalue weighted by molar-refractivity contribution is 5.68. The molecule has 0 aromatic heterocycles. The van der Waals surface area contributed by atoms with Crippen LogP contribution in [0.15, 0.2) is 18.2 Å². The van der Waals surface area contributed by atoms with Gasteiger partial charge in [0.25, 0.3) is 0 Å². The van der Waals surface area contributed by atoms with E-state index in [0.29, 0.717) is 12.2 Å². The van der Waals surface area contributed by atoms with Crippen molar-refractivity contribution in [2.75, 3.05) is 32.1 Å². The van der Waals surface area contributed by atoms with Gasteiger partial charge in [-0.25, -0.2) is 0 Å². The minimum absolute atomic E-state index is 0.0283. The first-order valence-corrected chi connectivity index (χ1v) is 6.83. The molecule has 1 aliphatic heterocycles. The highest BCUT2D eigenvalue weighted by Crippen LogP contribution is 2.35. The molecule has 21 heavy (non-hydrogen) atoms. The van der Waals surface area contributed by atoms with Crippen molar-refractivity contribution in [1.82, 2.24) is 4.90 Å². The third kappa shape index (κ3) is 3.61. The lowest BCUT2D eigenvalue weighted by Crippen LogP contribution is -2.39. The lowest BCUT2D eigenvalue weighted by atomic mass is 10.0. The Morgan fingerprint density at radius 1 is 1.52 bits per heavy atom. The summed E-state index contributed by atoms with van der Waals surface area (Å²) < 4.78 is 5.06. The van der Waals surface area contributed by atoms with Gasteiger partial charge in [-0.15, -0.1) is 0 Å². The molecule has 1 aromatic carbocycles. The van der Waals surface area contributed by atoms with Crippen LogP contribution in [0.3, 0.4) is 0 Å². The molecule has 1 aromatic rings. The van der Waals surface area contributed by atoms with E-state index in [1.807, 2.05) is 0 Å². The maximum atomic E-state index is 11.2. The van der Waals surface area contributed by atoms with Crippen LogP contribution in [-0.4, -0.2) is 42.6 Å². The first-order valence-electron chi connectivity index (χ1n) is 6.83. The smallest absolute Gasteiger partial charge is 0.333 e. The van der Waals surface area contributed by atoms with Crippen molar-refractivity contribution in [2.24, 2.45) is 0 Å². The van der Waals surface area contributed by atoms with Gasteiger partial charge in [-0.2, -0.15) is 5.26 Å². The molecular formula is C14H18N4O3.